The van der Waals surface area contributed by atoms with Crippen LogP contribution in [0.4, 0.5) is 5.69 Å². The zero-order valence-corrected chi connectivity index (χ0v) is 10.5. The summed E-state index contributed by atoms with van der Waals surface area (Å²) in [5, 5.41) is 31.4. The van der Waals surface area contributed by atoms with Crippen molar-refractivity contribution in [1.29, 1.82) is 0 Å². The van der Waals surface area contributed by atoms with Gasteiger partial charge in [-0.25, -0.2) is 0 Å². The summed E-state index contributed by atoms with van der Waals surface area (Å²) < 4.78 is 1.41. The Morgan fingerprint density at radius 3 is 2.05 bits per heavy atom. The van der Waals surface area contributed by atoms with Crippen LogP contribution >= 0.6 is 0 Å². The van der Waals surface area contributed by atoms with Crippen LogP contribution in [0.2, 0.25) is 0 Å². The number of hydrogen-bond donors (Lipinski definition) is 0. The minimum absolute atomic E-state index is 0.0606. The molecule has 0 saturated carbocycles. The van der Waals surface area contributed by atoms with Gasteiger partial charge in [-0.05, 0) is 0 Å². The molecule has 19 heavy (non-hydrogen) atoms. The summed E-state index contributed by atoms with van der Waals surface area (Å²) in [7, 11) is 0. The van der Waals surface area contributed by atoms with Crippen LogP contribution in [0.5, 0.6) is 0 Å². The Kier molecular flexibility index (Phi) is 4.76. The Balaban J connectivity index is 0.000000200. The van der Waals surface area contributed by atoms with Crippen molar-refractivity contribution in [3.8, 4) is 0 Å². The summed E-state index contributed by atoms with van der Waals surface area (Å²) in [6, 6.07) is 7.71. The van der Waals surface area contributed by atoms with Gasteiger partial charge in [-0.15, -0.1) is 0 Å². The lowest BCUT2D eigenvalue weighted by Crippen LogP contribution is -2.28. The van der Waals surface area contributed by atoms with E-state index in [2.05, 4.69) is 0 Å². The molecule has 2 rings (SSSR count). The molecule has 0 unspecified atom stereocenters. The van der Waals surface area contributed by atoms with Gasteiger partial charge in [0.25, 0.3) is 5.69 Å². The van der Waals surface area contributed by atoms with E-state index in [-0.39, 0.29) is 5.69 Å². The first-order chi connectivity index (χ1) is 8.91. The van der Waals surface area contributed by atoms with Crippen molar-refractivity contribution in [2.75, 3.05) is 0 Å². The van der Waals surface area contributed by atoms with Crippen LogP contribution in [0.1, 0.15) is 11.4 Å². The molecule has 7 heteroatoms. The van der Waals surface area contributed by atoms with Crippen LogP contribution in [0.25, 0.3) is 0 Å². The van der Waals surface area contributed by atoms with Gasteiger partial charge in [-0.1, -0.05) is 6.07 Å². The second kappa shape index (κ2) is 6.29. The molecule has 2 aromatic heterocycles. The van der Waals surface area contributed by atoms with E-state index in [4.69, 9.17) is 0 Å². The predicted octanol–water partition coefficient (Wildman–Crippen LogP) is 1.17. The molecular weight excluding hydrogens is 250 g/mol. The Morgan fingerprint density at radius 2 is 1.63 bits per heavy atom. The van der Waals surface area contributed by atoms with Gasteiger partial charge < -0.3 is 10.4 Å². The van der Waals surface area contributed by atoms with Crippen molar-refractivity contribution in [3.05, 3.63) is 74.6 Å². The first-order valence-electron chi connectivity index (χ1n) is 5.41. The summed E-state index contributed by atoms with van der Waals surface area (Å²) in [6.07, 6.45) is 2.60. The highest BCUT2D eigenvalue weighted by molar-refractivity contribution is 5.26. The van der Waals surface area contributed by atoms with Gasteiger partial charge in [-0.3, -0.25) is 10.1 Å². The summed E-state index contributed by atoms with van der Waals surface area (Å²) >= 11 is 0. The second-order valence-electron chi connectivity index (χ2n) is 3.78. The Labute approximate surface area is 109 Å². The van der Waals surface area contributed by atoms with E-state index in [1.807, 2.05) is 6.07 Å². The molecule has 0 fully saturated rings. The maximum atomic E-state index is 10.7. The van der Waals surface area contributed by atoms with Crippen LogP contribution < -0.4 is 9.46 Å². The van der Waals surface area contributed by atoms with E-state index in [9.17, 15) is 20.5 Å². The van der Waals surface area contributed by atoms with Gasteiger partial charge in [0.05, 0.1) is 17.1 Å². The first kappa shape index (κ1) is 14.4. The van der Waals surface area contributed by atoms with Crippen molar-refractivity contribution in [2.24, 2.45) is 0 Å². The first-order valence-corrected chi connectivity index (χ1v) is 5.41. The van der Waals surface area contributed by atoms with Gasteiger partial charge in [0.1, 0.15) is 0 Å². The Morgan fingerprint density at radius 1 is 1.00 bits per heavy atom. The molecule has 2 heterocycles. The second-order valence-corrected chi connectivity index (χ2v) is 3.78. The highest BCUT2D eigenvalue weighted by atomic mass is 16.6. The van der Waals surface area contributed by atoms with Gasteiger partial charge >= 0.3 is 0 Å². The highest BCUT2D eigenvalue weighted by Gasteiger charge is 2.08. The lowest BCUT2D eigenvalue weighted by atomic mass is 10.3. The molecule has 0 spiro atoms. The number of aryl methyl sites for hydroxylation is 2. The molecule has 0 N–H and O–H groups in total. The van der Waals surface area contributed by atoms with Crippen LogP contribution in [0.3, 0.4) is 0 Å². The van der Waals surface area contributed by atoms with Crippen molar-refractivity contribution in [2.45, 2.75) is 13.8 Å². The van der Waals surface area contributed by atoms with Crippen LogP contribution in [-0.2, 0) is 0 Å². The lowest BCUT2D eigenvalue weighted by molar-refractivity contribution is -0.613. The van der Waals surface area contributed by atoms with E-state index >= 15 is 0 Å². The molecule has 0 aliphatic heterocycles. The summed E-state index contributed by atoms with van der Waals surface area (Å²) in [6.45, 7) is 3.28. The van der Waals surface area contributed by atoms with Gasteiger partial charge in [0, 0.05) is 26.0 Å². The molecule has 0 radical (unpaired) electrons. The molecule has 0 bridgehead atoms. The van der Waals surface area contributed by atoms with Gasteiger partial charge in [0.15, 0.2) is 23.8 Å². The smallest absolute Gasteiger partial charge is 0.281 e. The van der Waals surface area contributed by atoms with Crippen molar-refractivity contribution >= 4 is 5.69 Å². The number of nitrogens with zero attached hydrogens (tertiary/aromatic N) is 3. The topological polar surface area (TPSA) is 97.0 Å². The quantitative estimate of drug-likeness (QED) is 0.334. The van der Waals surface area contributed by atoms with E-state index < -0.39 is 4.92 Å². The largest absolute Gasteiger partial charge is 0.619 e. The third-order valence-corrected chi connectivity index (χ3v) is 2.31. The summed E-state index contributed by atoms with van der Waals surface area (Å²) in [5.41, 5.74) is 0.987. The van der Waals surface area contributed by atoms with E-state index in [0.29, 0.717) is 10.4 Å². The van der Waals surface area contributed by atoms with Crippen molar-refractivity contribution in [3.63, 3.8) is 0 Å². The molecule has 0 aliphatic carbocycles. The molecule has 0 amide bonds. The van der Waals surface area contributed by atoms with Crippen molar-refractivity contribution in [1.82, 2.24) is 0 Å². The molecule has 100 valence electrons. The molecule has 0 aliphatic rings. The average Bonchev–Trinajstić information content (AvgIpc) is 2.37. The third-order valence-electron chi connectivity index (χ3n) is 2.31. The average molecular weight is 263 g/mol. The Hall–Kier alpha value is -2.70. The number of pyridine rings is 2. The molecule has 2 aromatic rings. The van der Waals surface area contributed by atoms with Crippen LogP contribution in [-0.4, -0.2) is 4.92 Å². The number of nitro groups is 1. The monoisotopic (exact) mass is 263 g/mol. The minimum Gasteiger partial charge on any atom is -0.619 e. The SMILES string of the molecule is Cc1cc([N+](=O)[O-])cc[n+]1[O-].Cc1cccc[n+]1[O-]. The number of hydrogen-bond acceptors (Lipinski definition) is 4. The molecule has 7 nitrogen and oxygen atoms in total. The van der Waals surface area contributed by atoms with Gasteiger partial charge in [0.2, 0.25) is 0 Å². The van der Waals surface area contributed by atoms with Crippen LogP contribution in [0.15, 0.2) is 42.7 Å². The van der Waals surface area contributed by atoms with Crippen molar-refractivity contribution < 1.29 is 14.4 Å². The normalized spacial score (nSPS) is 9.37. The zero-order chi connectivity index (χ0) is 14.4. The number of rotatable bonds is 1. The standard InChI is InChI=1S/C6H6N2O3.C6H7NO/c1-5-4-6(8(10)11)2-3-7(5)9;1-6-4-2-3-5-7(6)8/h2-4H,1H3;2-5H,1H3. The minimum atomic E-state index is -0.535. The molecular formula is C12H13N3O4. The highest BCUT2D eigenvalue weighted by Crippen LogP contribution is 2.07. The zero-order valence-electron chi connectivity index (χ0n) is 10.5. The van der Waals surface area contributed by atoms with E-state index in [1.165, 1.54) is 25.3 Å². The van der Waals surface area contributed by atoms with Gasteiger partial charge in [-0.2, -0.15) is 9.46 Å². The summed E-state index contributed by atoms with van der Waals surface area (Å²) in [5.74, 6) is 0. The van der Waals surface area contributed by atoms with E-state index in [0.717, 1.165) is 16.6 Å². The third kappa shape index (κ3) is 4.23. The lowest BCUT2D eigenvalue weighted by Gasteiger charge is -1.97. The van der Waals surface area contributed by atoms with E-state index in [1.54, 1.807) is 19.1 Å². The number of aromatic nitrogens is 2. The maximum Gasteiger partial charge on any atom is 0.281 e. The Bertz CT molecular complexity index is 566. The fraction of sp³-hybridized carbons (Fsp3) is 0.167. The van der Waals surface area contributed by atoms with Crippen LogP contribution in [0, 0.1) is 34.4 Å². The maximum absolute atomic E-state index is 10.7. The predicted molar refractivity (Wildman–Crippen MR) is 66.9 cm³/mol. The molecule has 0 aromatic carbocycles. The fourth-order valence-electron chi connectivity index (χ4n) is 1.21. The fourth-order valence-corrected chi connectivity index (χ4v) is 1.21. The summed E-state index contributed by atoms with van der Waals surface area (Å²) in [4.78, 5) is 9.62. The molecule has 0 saturated heterocycles. The molecule has 0 atom stereocenters.